The molecule has 0 aliphatic heterocycles. The molecule has 1 heterocycles. The maximum atomic E-state index is 5.73. The minimum absolute atomic E-state index is 0.669. The van der Waals surface area contributed by atoms with Crippen LogP contribution in [0, 0.1) is 0 Å². The van der Waals surface area contributed by atoms with E-state index in [1.54, 1.807) is 12.1 Å². The van der Waals surface area contributed by atoms with Crippen molar-refractivity contribution in [3.63, 3.8) is 0 Å². The van der Waals surface area contributed by atoms with Crippen LogP contribution in [0.25, 0.3) is 0 Å². The second kappa shape index (κ2) is 3.68. The van der Waals surface area contributed by atoms with Crippen molar-refractivity contribution in [2.75, 3.05) is 5.32 Å². The molecular weight excluding hydrogens is 208 g/mol. The Labute approximate surface area is 83.7 Å². The summed E-state index contributed by atoms with van der Waals surface area (Å²) in [5.41, 5.74) is 0.919. The minimum Gasteiger partial charge on any atom is -0.329 e. The molecule has 13 heavy (non-hydrogen) atoms. The van der Waals surface area contributed by atoms with E-state index in [2.05, 4.69) is 20.1 Å². The highest BCUT2D eigenvalue weighted by atomic mass is 35.5. The van der Waals surface area contributed by atoms with Crippen molar-refractivity contribution >= 4 is 34.0 Å². The van der Waals surface area contributed by atoms with Gasteiger partial charge in [-0.1, -0.05) is 21.2 Å². The van der Waals surface area contributed by atoms with Crippen LogP contribution in [0.15, 0.2) is 24.3 Å². The normalized spacial score (nSPS) is 9.92. The van der Waals surface area contributed by atoms with Crippen LogP contribution in [-0.2, 0) is 0 Å². The van der Waals surface area contributed by atoms with Crippen LogP contribution < -0.4 is 5.32 Å². The lowest BCUT2D eigenvalue weighted by Gasteiger charge is -1.99. The zero-order chi connectivity index (χ0) is 9.10. The summed E-state index contributed by atoms with van der Waals surface area (Å²) < 4.78 is 3.63. The third-order valence-electron chi connectivity index (χ3n) is 1.39. The van der Waals surface area contributed by atoms with Crippen LogP contribution in [0.4, 0.5) is 10.8 Å². The Hall–Kier alpha value is -1.20. The monoisotopic (exact) mass is 212 g/mol. The standard InChI is InChI=1S/C7H5ClN4S/c8-5-1-3-6(4-2-5)9-7-10-11-12-13-7/h1-4H,(H,9,10,12). The lowest BCUT2D eigenvalue weighted by atomic mass is 10.3. The van der Waals surface area contributed by atoms with Crippen LogP contribution in [0.1, 0.15) is 0 Å². The van der Waals surface area contributed by atoms with Crippen LogP contribution in [0.2, 0.25) is 5.02 Å². The molecular formula is C7H5ClN4S. The third kappa shape index (κ3) is 2.13. The van der Waals surface area contributed by atoms with Gasteiger partial charge >= 0.3 is 0 Å². The highest BCUT2D eigenvalue weighted by molar-refractivity contribution is 7.09. The molecule has 1 aromatic carbocycles. The van der Waals surface area contributed by atoms with Crippen molar-refractivity contribution < 1.29 is 0 Å². The van der Waals surface area contributed by atoms with Crippen molar-refractivity contribution in [3.05, 3.63) is 29.3 Å². The molecule has 1 aromatic heterocycles. The molecule has 0 radical (unpaired) electrons. The van der Waals surface area contributed by atoms with Crippen LogP contribution >= 0.6 is 23.1 Å². The fourth-order valence-electron chi connectivity index (χ4n) is 0.839. The second-order valence-corrected chi connectivity index (χ2v) is 3.47. The Balaban J connectivity index is 2.15. The number of benzene rings is 1. The van der Waals surface area contributed by atoms with Gasteiger partial charge in [-0.05, 0) is 29.5 Å². The van der Waals surface area contributed by atoms with Gasteiger partial charge in [0.15, 0.2) is 0 Å². The Kier molecular flexibility index (Phi) is 2.37. The van der Waals surface area contributed by atoms with Gasteiger partial charge in [0.25, 0.3) is 0 Å². The van der Waals surface area contributed by atoms with E-state index < -0.39 is 0 Å². The van der Waals surface area contributed by atoms with E-state index in [1.165, 1.54) is 11.5 Å². The van der Waals surface area contributed by atoms with Crippen LogP contribution in [0.3, 0.4) is 0 Å². The Morgan fingerprint density at radius 1 is 1.23 bits per heavy atom. The zero-order valence-electron chi connectivity index (χ0n) is 6.44. The first kappa shape index (κ1) is 8.40. The SMILES string of the molecule is Clc1ccc(Nc2nnns2)cc1. The number of hydrogen-bond acceptors (Lipinski definition) is 5. The number of hydrogen-bond donors (Lipinski definition) is 1. The Bertz CT molecular complexity index is 372. The molecule has 1 N–H and O–H groups in total. The molecule has 66 valence electrons. The molecule has 0 aliphatic carbocycles. The van der Waals surface area contributed by atoms with Gasteiger partial charge in [0, 0.05) is 22.2 Å². The van der Waals surface area contributed by atoms with Crippen LogP contribution in [0.5, 0.6) is 0 Å². The van der Waals surface area contributed by atoms with Gasteiger partial charge in [-0.15, -0.1) is 0 Å². The fourth-order valence-corrected chi connectivity index (χ4v) is 1.35. The van der Waals surface area contributed by atoms with Crippen molar-refractivity contribution in [2.45, 2.75) is 0 Å². The molecule has 0 bridgehead atoms. The van der Waals surface area contributed by atoms with Gasteiger partial charge in [-0.3, -0.25) is 0 Å². The van der Waals surface area contributed by atoms with E-state index in [-0.39, 0.29) is 0 Å². The molecule has 0 atom stereocenters. The number of nitrogens with one attached hydrogen (secondary N) is 1. The van der Waals surface area contributed by atoms with E-state index in [0.717, 1.165) is 5.69 Å². The summed E-state index contributed by atoms with van der Waals surface area (Å²) in [6.07, 6.45) is 0. The van der Waals surface area contributed by atoms with Crippen molar-refractivity contribution in [1.29, 1.82) is 0 Å². The van der Waals surface area contributed by atoms with Crippen molar-refractivity contribution in [3.8, 4) is 0 Å². The van der Waals surface area contributed by atoms with Gasteiger partial charge in [0.2, 0.25) is 5.13 Å². The third-order valence-corrected chi connectivity index (χ3v) is 2.16. The van der Waals surface area contributed by atoms with Crippen molar-refractivity contribution in [2.24, 2.45) is 0 Å². The highest BCUT2D eigenvalue weighted by Gasteiger charge is 1.97. The average molecular weight is 213 g/mol. The number of halogens is 1. The Morgan fingerprint density at radius 2 is 2.00 bits per heavy atom. The maximum Gasteiger partial charge on any atom is 0.229 e. The van der Waals surface area contributed by atoms with Gasteiger partial charge < -0.3 is 5.32 Å². The first-order valence-corrected chi connectivity index (χ1v) is 4.67. The molecule has 2 rings (SSSR count). The average Bonchev–Trinajstić information content (AvgIpc) is 2.62. The molecule has 0 saturated heterocycles. The largest absolute Gasteiger partial charge is 0.329 e. The molecule has 6 heteroatoms. The number of nitrogens with zero attached hydrogens (tertiary/aromatic N) is 3. The molecule has 0 fully saturated rings. The topological polar surface area (TPSA) is 50.7 Å². The predicted octanol–water partition coefficient (Wildman–Crippen LogP) is 2.33. The molecule has 2 aromatic rings. The summed E-state index contributed by atoms with van der Waals surface area (Å²) in [5, 5.41) is 11.6. The van der Waals surface area contributed by atoms with E-state index in [9.17, 15) is 0 Å². The Morgan fingerprint density at radius 3 is 2.62 bits per heavy atom. The second-order valence-electron chi connectivity index (χ2n) is 2.30. The van der Waals surface area contributed by atoms with Gasteiger partial charge in [-0.25, -0.2) is 0 Å². The molecule has 0 unspecified atom stereocenters. The van der Waals surface area contributed by atoms with Crippen molar-refractivity contribution in [1.82, 2.24) is 14.8 Å². The first-order valence-electron chi connectivity index (χ1n) is 3.52. The maximum absolute atomic E-state index is 5.73. The number of anilines is 2. The van der Waals surface area contributed by atoms with Gasteiger partial charge in [-0.2, -0.15) is 0 Å². The zero-order valence-corrected chi connectivity index (χ0v) is 8.01. The molecule has 0 aliphatic rings. The lowest BCUT2D eigenvalue weighted by Crippen LogP contribution is -1.88. The first-order chi connectivity index (χ1) is 6.34. The van der Waals surface area contributed by atoms with E-state index >= 15 is 0 Å². The van der Waals surface area contributed by atoms with Gasteiger partial charge in [0.05, 0.1) is 0 Å². The summed E-state index contributed by atoms with van der Waals surface area (Å²) >= 11 is 6.93. The summed E-state index contributed by atoms with van der Waals surface area (Å²) in [5.74, 6) is 0. The number of aromatic nitrogens is 3. The van der Waals surface area contributed by atoms with Crippen LogP contribution in [-0.4, -0.2) is 14.8 Å². The van der Waals surface area contributed by atoms with E-state index in [1.807, 2.05) is 12.1 Å². The van der Waals surface area contributed by atoms with Gasteiger partial charge in [0.1, 0.15) is 0 Å². The molecule has 0 spiro atoms. The summed E-state index contributed by atoms with van der Waals surface area (Å²) in [4.78, 5) is 0. The summed E-state index contributed by atoms with van der Waals surface area (Å²) in [6.45, 7) is 0. The molecule has 0 amide bonds. The lowest BCUT2D eigenvalue weighted by molar-refractivity contribution is 0.961. The summed E-state index contributed by atoms with van der Waals surface area (Å²) in [6, 6.07) is 7.34. The highest BCUT2D eigenvalue weighted by Crippen LogP contribution is 2.18. The molecule has 0 saturated carbocycles. The quantitative estimate of drug-likeness (QED) is 0.830. The number of rotatable bonds is 2. The minimum atomic E-state index is 0.669. The smallest absolute Gasteiger partial charge is 0.229 e. The van der Waals surface area contributed by atoms with E-state index in [0.29, 0.717) is 10.2 Å². The molecule has 4 nitrogen and oxygen atoms in total. The van der Waals surface area contributed by atoms with E-state index in [4.69, 9.17) is 11.6 Å². The fraction of sp³-hybridized carbons (Fsp3) is 0. The summed E-state index contributed by atoms with van der Waals surface area (Å²) in [7, 11) is 0. The predicted molar refractivity (Wildman–Crippen MR) is 52.4 cm³/mol.